The summed E-state index contributed by atoms with van der Waals surface area (Å²) >= 11 is 6.45. The minimum Gasteiger partial charge on any atom is -0.489 e. The monoisotopic (exact) mass is 596 g/mol. The van der Waals surface area contributed by atoms with Crippen molar-refractivity contribution in [3.05, 3.63) is 64.8 Å². The van der Waals surface area contributed by atoms with Crippen LogP contribution >= 0.6 is 11.6 Å². The molecule has 0 fully saturated rings. The van der Waals surface area contributed by atoms with E-state index >= 15 is 0 Å². The lowest BCUT2D eigenvalue weighted by Crippen LogP contribution is -2.23. The van der Waals surface area contributed by atoms with E-state index in [0.29, 0.717) is 17.1 Å². The maximum atomic E-state index is 12.9. The van der Waals surface area contributed by atoms with Crippen LogP contribution < -0.4 is 15.4 Å². The first-order valence-corrected chi connectivity index (χ1v) is 15.4. The molecule has 1 aliphatic rings. The van der Waals surface area contributed by atoms with Gasteiger partial charge in [-0.2, -0.15) is 4.98 Å². The second-order valence-electron chi connectivity index (χ2n) is 10.4. The molecule has 0 bridgehead atoms. The van der Waals surface area contributed by atoms with Crippen LogP contribution in [0.2, 0.25) is 5.02 Å². The number of sulfonamides is 1. The van der Waals surface area contributed by atoms with Gasteiger partial charge in [-0.1, -0.05) is 29.8 Å². The van der Waals surface area contributed by atoms with Crippen LogP contribution in [0.15, 0.2) is 58.6 Å². The standard InChI is InChI=1S/C30H37ClN6O3S/c1-19(2)40-27-16-20(3)22(24-13-9-7-8-12-21(4)33-24)17-26(27)35-30-32-18-23(31)29(36-30)34-25-14-10-11-15-28(25)41(38,39)37(5)6/h10-11,13-19H,7-9,12H2,1-6H3,(H2,32,34,35,36)/b24-13-,33-21?. The molecule has 218 valence electrons. The molecule has 0 radical (unpaired) electrons. The molecule has 3 aromatic rings. The minimum absolute atomic E-state index is 0.0554. The predicted molar refractivity (Wildman–Crippen MR) is 167 cm³/mol. The number of para-hydroxylation sites is 1. The molecular formula is C30H37ClN6O3S. The van der Waals surface area contributed by atoms with E-state index < -0.39 is 10.0 Å². The summed E-state index contributed by atoms with van der Waals surface area (Å²) in [5, 5.41) is 6.61. The van der Waals surface area contributed by atoms with E-state index in [0.717, 1.165) is 52.5 Å². The average Bonchev–Trinajstić information content (AvgIpc) is 2.89. The fraction of sp³-hybridized carbons (Fsp3) is 0.367. The van der Waals surface area contributed by atoms with E-state index in [1.165, 1.54) is 26.4 Å². The Bertz CT molecular complexity index is 1590. The molecule has 2 aromatic carbocycles. The minimum atomic E-state index is -3.71. The number of hydrogen-bond acceptors (Lipinski definition) is 8. The number of anilines is 4. The number of rotatable bonds is 9. The second-order valence-corrected chi connectivity index (χ2v) is 13.0. The normalized spacial score (nSPS) is 15.5. The molecule has 1 aromatic heterocycles. The quantitative estimate of drug-likeness (QED) is 0.266. The Morgan fingerprint density at radius 1 is 1.05 bits per heavy atom. The molecule has 2 heterocycles. The number of aromatic nitrogens is 2. The lowest BCUT2D eigenvalue weighted by atomic mass is 10.0. The van der Waals surface area contributed by atoms with Crippen molar-refractivity contribution >= 4 is 56.2 Å². The molecular weight excluding hydrogens is 560 g/mol. The first kappa shape index (κ1) is 30.5. The van der Waals surface area contributed by atoms with Gasteiger partial charge in [0.2, 0.25) is 16.0 Å². The first-order valence-electron chi connectivity index (χ1n) is 13.6. The molecule has 1 aliphatic heterocycles. The summed E-state index contributed by atoms with van der Waals surface area (Å²) in [5.74, 6) is 1.18. The third-order valence-corrected chi connectivity index (χ3v) is 8.65. The largest absolute Gasteiger partial charge is 0.489 e. The number of benzene rings is 2. The van der Waals surface area contributed by atoms with Gasteiger partial charge >= 0.3 is 0 Å². The third kappa shape index (κ3) is 7.44. The van der Waals surface area contributed by atoms with Gasteiger partial charge in [-0.05, 0) is 83.2 Å². The van der Waals surface area contributed by atoms with E-state index in [1.807, 2.05) is 26.0 Å². The molecule has 0 saturated heterocycles. The third-order valence-electron chi connectivity index (χ3n) is 6.50. The van der Waals surface area contributed by atoms with E-state index in [4.69, 9.17) is 21.3 Å². The Hall–Kier alpha value is -3.47. The maximum absolute atomic E-state index is 12.9. The average molecular weight is 597 g/mol. The van der Waals surface area contributed by atoms with E-state index in [-0.39, 0.29) is 27.8 Å². The number of nitrogens with zero attached hydrogens (tertiary/aromatic N) is 4. The molecule has 41 heavy (non-hydrogen) atoms. The number of halogens is 1. The Labute approximate surface area is 247 Å². The lowest BCUT2D eigenvalue weighted by Gasteiger charge is -2.20. The Balaban J connectivity index is 1.73. The van der Waals surface area contributed by atoms with Gasteiger partial charge in [-0.3, -0.25) is 4.99 Å². The zero-order valence-corrected chi connectivity index (χ0v) is 25.9. The molecule has 0 amide bonds. The highest BCUT2D eigenvalue weighted by atomic mass is 35.5. The van der Waals surface area contributed by atoms with Crippen molar-refractivity contribution in [2.24, 2.45) is 4.99 Å². The molecule has 2 N–H and O–H groups in total. The smallest absolute Gasteiger partial charge is 0.244 e. The molecule has 0 aliphatic carbocycles. The van der Waals surface area contributed by atoms with Crippen LogP contribution in [0.1, 0.15) is 57.6 Å². The first-order chi connectivity index (χ1) is 19.5. The Morgan fingerprint density at radius 3 is 2.54 bits per heavy atom. The number of aliphatic imine (C=N–C) groups is 1. The van der Waals surface area contributed by atoms with Crippen LogP contribution in [-0.4, -0.2) is 48.6 Å². The molecule has 0 saturated carbocycles. The topological polar surface area (TPSA) is 109 Å². The van der Waals surface area contributed by atoms with Gasteiger partial charge in [-0.25, -0.2) is 17.7 Å². The summed E-state index contributed by atoms with van der Waals surface area (Å²) in [4.78, 5) is 14.0. The SMILES string of the molecule is CC1=N/C(c2cc(Nc3ncc(Cl)c(Nc4ccccc4S(=O)(=O)N(C)C)n3)c(OC(C)C)cc2C)=C\CCCC1. The van der Waals surface area contributed by atoms with Crippen molar-refractivity contribution in [3.63, 3.8) is 0 Å². The molecule has 0 spiro atoms. The molecule has 0 unspecified atom stereocenters. The van der Waals surface area contributed by atoms with Gasteiger partial charge in [0.15, 0.2) is 5.82 Å². The van der Waals surface area contributed by atoms with Crippen LogP contribution in [0.4, 0.5) is 23.1 Å². The van der Waals surface area contributed by atoms with Crippen molar-refractivity contribution in [3.8, 4) is 5.75 Å². The highest BCUT2D eigenvalue weighted by Crippen LogP contribution is 2.36. The summed E-state index contributed by atoms with van der Waals surface area (Å²) in [5.41, 5.74) is 5.13. The van der Waals surface area contributed by atoms with Gasteiger partial charge in [0.1, 0.15) is 15.7 Å². The van der Waals surface area contributed by atoms with Crippen LogP contribution in [0.25, 0.3) is 5.70 Å². The summed E-state index contributed by atoms with van der Waals surface area (Å²) in [6, 6.07) is 10.6. The van der Waals surface area contributed by atoms with Crippen molar-refractivity contribution in [2.75, 3.05) is 24.7 Å². The summed E-state index contributed by atoms with van der Waals surface area (Å²) < 4.78 is 33.1. The molecule has 4 rings (SSSR count). The van der Waals surface area contributed by atoms with Crippen LogP contribution in [0.3, 0.4) is 0 Å². The van der Waals surface area contributed by atoms with Crippen LogP contribution in [-0.2, 0) is 10.0 Å². The van der Waals surface area contributed by atoms with Crippen LogP contribution in [0, 0.1) is 6.92 Å². The van der Waals surface area contributed by atoms with Gasteiger partial charge in [0.05, 0.1) is 29.4 Å². The Kier molecular flexibility index (Phi) is 9.68. The fourth-order valence-corrected chi connectivity index (χ4v) is 5.58. The Morgan fingerprint density at radius 2 is 1.80 bits per heavy atom. The molecule has 9 nitrogen and oxygen atoms in total. The van der Waals surface area contributed by atoms with Crippen molar-refractivity contribution in [1.82, 2.24) is 14.3 Å². The van der Waals surface area contributed by atoms with E-state index in [1.54, 1.807) is 18.2 Å². The maximum Gasteiger partial charge on any atom is 0.244 e. The van der Waals surface area contributed by atoms with Gasteiger partial charge in [-0.15, -0.1) is 0 Å². The van der Waals surface area contributed by atoms with Crippen molar-refractivity contribution in [1.29, 1.82) is 0 Å². The zero-order chi connectivity index (χ0) is 29.7. The highest BCUT2D eigenvalue weighted by Gasteiger charge is 2.22. The molecule has 0 atom stereocenters. The van der Waals surface area contributed by atoms with E-state index in [2.05, 4.69) is 40.5 Å². The summed E-state index contributed by atoms with van der Waals surface area (Å²) in [6.45, 7) is 8.06. The fourth-order valence-electron chi connectivity index (χ4n) is 4.40. The lowest BCUT2D eigenvalue weighted by molar-refractivity contribution is 0.243. The predicted octanol–water partition coefficient (Wildman–Crippen LogP) is 7.34. The summed E-state index contributed by atoms with van der Waals surface area (Å²) in [7, 11) is -0.741. The molecule has 11 heteroatoms. The number of allylic oxidation sites excluding steroid dienone is 1. The number of ether oxygens (including phenoxy) is 1. The number of nitrogens with one attached hydrogen (secondary N) is 2. The van der Waals surface area contributed by atoms with Gasteiger partial charge in [0, 0.05) is 25.4 Å². The highest BCUT2D eigenvalue weighted by molar-refractivity contribution is 7.89. The second kappa shape index (κ2) is 13.0. The van der Waals surface area contributed by atoms with Crippen molar-refractivity contribution in [2.45, 2.75) is 64.4 Å². The van der Waals surface area contributed by atoms with Gasteiger partial charge in [0.25, 0.3) is 0 Å². The number of hydrogen-bond donors (Lipinski definition) is 2. The van der Waals surface area contributed by atoms with Crippen molar-refractivity contribution < 1.29 is 13.2 Å². The zero-order valence-electron chi connectivity index (χ0n) is 24.3. The van der Waals surface area contributed by atoms with E-state index in [9.17, 15) is 8.42 Å². The van der Waals surface area contributed by atoms with Crippen LogP contribution in [0.5, 0.6) is 5.75 Å². The number of aryl methyl sites for hydroxylation is 1. The van der Waals surface area contributed by atoms with Gasteiger partial charge < -0.3 is 15.4 Å². The summed E-state index contributed by atoms with van der Waals surface area (Å²) in [6.07, 6.45) is 7.83.